The van der Waals surface area contributed by atoms with Gasteiger partial charge in [0.25, 0.3) is 0 Å². The lowest BCUT2D eigenvalue weighted by Crippen LogP contribution is -1.85. The van der Waals surface area contributed by atoms with Crippen molar-refractivity contribution in [3.63, 3.8) is 0 Å². The fourth-order valence-electron chi connectivity index (χ4n) is 1.36. The highest BCUT2D eigenvalue weighted by Gasteiger charge is 2.04. The molecule has 0 spiro atoms. The van der Waals surface area contributed by atoms with Crippen molar-refractivity contribution in [2.24, 2.45) is 0 Å². The van der Waals surface area contributed by atoms with E-state index in [-0.39, 0.29) is 11.4 Å². The molecule has 0 aliphatic carbocycles. The van der Waals surface area contributed by atoms with Crippen molar-refractivity contribution in [1.29, 1.82) is 5.26 Å². The van der Waals surface area contributed by atoms with Gasteiger partial charge in [-0.3, -0.25) is 0 Å². The van der Waals surface area contributed by atoms with Crippen molar-refractivity contribution in [2.75, 3.05) is 0 Å². The molecular formula is C15H10Cl2F2IN. The Bertz CT molecular complexity index is 662. The minimum atomic E-state index is -0.567. The maximum Gasteiger partial charge on any atom is 0.142 e. The molecule has 0 heterocycles. The van der Waals surface area contributed by atoms with Crippen LogP contribution in [0.25, 0.3) is 0 Å². The molecule has 0 bridgehead atoms. The summed E-state index contributed by atoms with van der Waals surface area (Å²) in [5.41, 5.74) is 1.66. The summed E-state index contributed by atoms with van der Waals surface area (Å²) in [6, 6.07) is 7.36. The van der Waals surface area contributed by atoms with Gasteiger partial charge in [-0.15, -0.1) is 0 Å². The number of rotatable bonds is 0. The van der Waals surface area contributed by atoms with Gasteiger partial charge in [-0.1, -0.05) is 23.2 Å². The first-order valence-electron chi connectivity index (χ1n) is 5.73. The summed E-state index contributed by atoms with van der Waals surface area (Å²) >= 11 is 13.2. The number of hydrogen-bond donors (Lipinski definition) is 0. The highest BCUT2D eigenvalue weighted by molar-refractivity contribution is 14.1. The van der Waals surface area contributed by atoms with Gasteiger partial charge in [0.15, 0.2) is 0 Å². The Morgan fingerprint density at radius 3 is 1.90 bits per heavy atom. The highest BCUT2D eigenvalue weighted by atomic mass is 127. The maximum atomic E-state index is 12.7. The van der Waals surface area contributed by atoms with Gasteiger partial charge in [0.2, 0.25) is 0 Å². The summed E-state index contributed by atoms with van der Waals surface area (Å²) in [6.07, 6.45) is 0. The van der Waals surface area contributed by atoms with Gasteiger partial charge in [-0.2, -0.15) is 5.26 Å². The van der Waals surface area contributed by atoms with Crippen LogP contribution < -0.4 is 0 Å². The average molecular weight is 440 g/mol. The van der Waals surface area contributed by atoms with E-state index in [1.807, 2.05) is 29.5 Å². The van der Waals surface area contributed by atoms with Crippen molar-refractivity contribution < 1.29 is 8.78 Å². The molecule has 0 fully saturated rings. The monoisotopic (exact) mass is 439 g/mol. The first kappa shape index (κ1) is 18.1. The van der Waals surface area contributed by atoms with Crippen molar-refractivity contribution in [1.82, 2.24) is 0 Å². The molecular weight excluding hydrogens is 430 g/mol. The molecule has 0 unspecified atom stereocenters. The summed E-state index contributed by atoms with van der Waals surface area (Å²) in [5, 5.41) is 9.23. The van der Waals surface area contributed by atoms with Crippen LogP contribution in [0.2, 0.25) is 10.0 Å². The van der Waals surface area contributed by atoms with E-state index < -0.39 is 5.82 Å². The van der Waals surface area contributed by atoms with Crippen LogP contribution in [0.3, 0.4) is 0 Å². The summed E-state index contributed by atoms with van der Waals surface area (Å²) in [4.78, 5) is 0. The predicted molar refractivity (Wildman–Crippen MR) is 89.7 cm³/mol. The van der Waals surface area contributed by atoms with Crippen LogP contribution in [0.1, 0.15) is 16.7 Å². The zero-order valence-electron chi connectivity index (χ0n) is 11.1. The largest absolute Gasteiger partial charge is 0.206 e. The topological polar surface area (TPSA) is 23.8 Å². The van der Waals surface area contributed by atoms with E-state index in [2.05, 4.69) is 0 Å². The zero-order chi connectivity index (χ0) is 16.2. The summed E-state index contributed by atoms with van der Waals surface area (Å²) in [6.45, 7) is 3.58. The van der Waals surface area contributed by atoms with Crippen LogP contribution >= 0.6 is 45.8 Å². The van der Waals surface area contributed by atoms with E-state index in [0.29, 0.717) is 19.2 Å². The lowest BCUT2D eigenvalue weighted by atomic mass is 10.1. The normalized spacial score (nSPS) is 9.62. The van der Waals surface area contributed by atoms with E-state index in [9.17, 15) is 8.78 Å². The van der Waals surface area contributed by atoms with Crippen molar-refractivity contribution in [2.45, 2.75) is 13.8 Å². The van der Waals surface area contributed by atoms with Crippen LogP contribution in [0.15, 0.2) is 24.3 Å². The Kier molecular flexibility index (Phi) is 6.85. The van der Waals surface area contributed by atoms with E-state index in [0.717, 1.165) is 11.6 Å². The molecule has 0 aliphatic heterocycles. The molecule has 0 amide bonds. The first-order valence-corrected chi connectivity index (χ1v) is 7.56. The van der Waals surface area contributed by atoms with Gasteiger partial charge in [-0.05, 0) is 71.8 Å². The fourth-order valence-corrected chi connectivity index (χ4v) is 2.29. The SMILES string of the molecule is Cc1cc(C#N)c(F)cc1Cl.Cc1cc(I)c(F)cc1Cl. The fraction of sp³-hybridized carbons (Fsp3) is 0.133. The minimum absolute atomic E-state index is 0.0342. The average Bonchev–Trinajstić information content (AvgIpc) is 2.41. The standard InChI is InChI=1S/C8H5ClFN.C7H5ClFI/c1-5-2-6(4-11)8(10)3-7(5)9;1-4-2-7(10)6(9)3-5(4)8/h2-3H,1H3;2-3H,1H3. The summed E-state index contributed by atoms with van der Waals surface area (Å²) in [7, 11) is 0. The van der Waals surface area contributed by atoms with Gasteiger partial charge in [0.05, 0.1) is 5.56 Å². The third-order valence-electron chi connectivity index (χ3n) is 2.57. The number of nitriles is 1. The van der Waals surface area contributed by atoms with Gasteiger partial charge >= 0.3 is 0 Å². The zero-order valence-corrected chi connectivity index (χ0v) is 14.8. The lowest BCUT2D eigenvalue weighted by Gasteiger charge is -1.98. The van der Waals surface area contributed by atoms with Gasteiger partial charge < -0.3 is 0 Å². The predicted octanol–water partition coefficient (Wildman–Crippen LogP) is 6.05. The first-order chi connectivity index (χ1) is 9.76. The molecule has 2 aromatic rings. The van der Waals surface area contributed by atoms with Gasteiger partial charge in [0, 0.05) is 13.6 Å². The van der Waals surface area contributed by atoms with Gasteiger partial charge in [0.1, 0.15) is 17.7 Å². The molecule has 0 saturated heterocycles. The maximum absolute atomic E-state index is 12.7. The molecule has 0 aliphatic rings. The van der Waals surface area contributed by atoms with E-state index >= 15 is 0 Å². The molecule has 6 heteroatoms. The minimum Gasteiger partial charge on any atom is -0.206 e. The molecule has 2 rings (SSSR count). The van der Waals surface area contributed by atoms with Crippen LogP contribution in [-0.4, -0.2) is 0 Å². The molecule has 1 nitrogen and oxygen atoms in total. The van der Waals surface area contributed by atoms with Crippen LogP contribution in [0, 0.1) is 40.4 Å². The van der Waals surface area contributed by atoms with Gasteiger partial charge in [-0.25, -0.2) is 8.78 Å². The van der Waals surface area contributed by atoms with Crippen LogP contribution in [0.4, 0.5) is 8.78 Å². The Morgan fingerprint density at radius 1 is 0.952 bits per heavy atom. The van der Waals surface area contributed by atoms with E-state index in [1.54, 1.807) is 19.1 Å². The highest BCUT2D eigenvalue weighted by Crippen LogP contribution is 2.20. The van der Waals surface area contributed by atoms with Crippen molar-refractivity contribution in [3.05, 3.63) is 66.2 Å². The number of benzene rings is 2. The summed E-state index contributed by atoms with van der Waals surface area (Å²) in [5.74, 6) is -0.820. The number of halogens is 5. The molecule has 0 atom stereocenters. The Balaban J connectivity index is 0.000000211. The second kappa shape index (κ2) is 7.92. The molecule has 2 aromatic carbocycles. The molecule has 0 radical (unpaired) electrons. The Labute approximate surface area is 145 Å². The van der Waals surface area contributed by atoms with E-state index in [1.165, 1.54) is 12.1 Å². The second-order valence-electron chi connectivity index (χ2n) is 4.21. The Morgan fingerprint density at radius 2 is 1.43 bits per heavy atom. The third-order valence-corrected chi connectivity index (χ3v) is 4.21. The number of aryl methyl sites for hydroxylation is 2. The molecule has 0 saturated carbocycles. The molecule has 21 heavy (non-hydrogen) atoms. The lowest BCUT2D eigenvalue weighted by molar-refractivity contribution is 0.620. The quantitative estimate of drug-likeness (QED) is 0.362. The smallest absolute Gasteiger partial charge is 0.142 e. The van der Waals surface area contributed by atoms with Crippen LogP contribution in [-0.2, 0) is 0 Å². The molecule has 110 valence electrons. The van der Waals surface area contributed by atoms with Crippen LogP contribution in [0.5, 0.6) is 0 Å². The third kappa shape index (κ3) is 5.10. The number of hydrogen-bond acceptors (Lipinski definition) is 1. The summed E-state index contributed by atoms with van der Waals surface area (Å²) < 4.78 is 26.0. The van der Waals surface area contributed by atoms with Crippen molar-refractivity contribution in [3.8, 4) is 6.07 Å². The van der Waals surface area contributed by atoms with E-state index in [4.69, 9.17) is 28.5 Å². The van der Waals surface area contributed by atoms with Crippen molar-refractivity contribution >= 4 is 45.8 Å². The molecule has 0 N–H and O–H groups in total. The molecule has 0 aromatic heterocycles. The number of nitrogens with zero attached hydrogens (tertiary/aromatic N) is 1. The Hall–Kier alpha value is -0.900. The second-order valence-corrected chi connectivity index (χ2v) is 6.19.